The van der Waals surface area contributed by atoms with Crippen LogP contribution in [0.1, 0.15) is 35.3 Å². The molecule has 1 aliphatic rings. The fourth-order valence-corrected chi connectivity index (χ4v) is 3.47. The summed E-state index contributed by atoms with van der Waals surface area (Å²) in [5.74, 6) is -0.0843. The van der Waals surface area contributed by atoms with E-state index in [9.17, 15) is 9.59 Å². The van der Waals surface area contributed by atoms with Crippen molar-refractivity contribution in [2.75, 3.05) is 19.6 Å². The van der Waals surface area contributed by atoms with E-state index in [0.717, 1.165) is 23.5 Å². The van der Waals surface area contributed by atoms with E-state index in [1.54, 1.807) is 16.2 Å². The maximum Gasteiger partial charge on any atom is 0.225 e. The lowest BCUT2D eigenvalue weighted by molar-refractivity contribution is -0.128. The third-order valence-corrected chi connectivity index (χ3v) is 5.04. The Hall–Kier alpha value is -1.43. The largest absolute Gasteiger partial charge is 0.356 e. The summed E-state index contributed by atoms with van der Waals surface area (Å²) in [5.41, 5.74) is 1.10. The molecule has 0 saturated carbocycles. The van der Waals surface area contributed by atoms with Gasteiger partial charge in [0.1, 0.15) is 0 Å². The Balaban J connectivity index is 1.69. The van der Waals surface area contributed by atoms with Gasteiger partial charge in [0.05, 0.1) is 16.6 Å². The number of hydrogen-bond donors (Lipinski definition) is 1. The first-order valence-electron chi connectivity index (χ1n) is 7.49. The number of amides is 2. The van der Waals surface area contributed by atoms with Crippen LogP contribution in [-0.4, -0.2) is 41.3 Å². The zero-order valence-corrected chi connectivity index (χ0v) is 13.8. The number of nitrogens with zero attached hydrogens (tertiary/aromatic N) is 2. The highest BCUT2D eigenvalue weighted by molar-refractivity contribution is 7.11. The molecule has 1 fully saturated rings. The minimum Gasteiger partial charge on any atom is -0.356 e. The predicted molar refractivity (Wildman–Crippen MR) is 83.3 cm³/mol. The molecule has 21 heavy (non-hydrogen) atoms. The van der Waals surface area contributed by atoms with Crippen LogP contribution in [0.25, 0.3) is 0 Å². The Kier molecular flexibility index (Phi) is 5.33. The van der Waals surface area contributed by atoms with Crippen molar-refractivity contribution in [2.24, 2.45) is 5.92 Å². The number of rotatable bonds is 6. The molecule has 116 valence electrons. The summed E-state index contributed by atoms with van der Waals surface area (Å²) in [4.78, 5) is 31.1. The molecule has 0 aromatic carbocycles. The van der Waals surface area contributed by atoms with Gasteiger partial charge in [-0.15, -0.1) is 11.3 Å². The Labute approximate surface area is 129 Å². The first-order chi connectivity index (χ1) is 10.0. The van der Waals surface area contributed by atoms with E-state index >= 15 is 0 Å². The topological polar surface area (TPSA) is 62.3 Å². The zero-order chi connectivity index (χ0) is 15.4. The van der Waals surface area contributed by atoms with Crippen molar-refractivity contribution < 1.29 is 9.59 Å². The van der Waals surface area contributed by atoms with Gasteiger partial charge in [-0.05, 0) is 27.2 Å². The Bertz CT molecular complexity index is 507. The zero-order valence-electron chi connectivity index (χ0n) is 12.9. The van der Waals surface area contributed by atoms with E-state index in [1.807, 2.05) is 13.8 Å². The van der Waals surface area contributed by atoms with E-state index in [0.29, 0.717) is 26.1 Å². The van der Waals surface area contributed by atoms with Crippen LogP contribution >= 0.6 is 11.3 Å². The molecule has 1 aromatic heterocycles. The molecule has 1 aromatic rings. The van der Waals surface area contributed by atoms with Crippen LogP contribution < -0.4 is 5.32 Å². The van der Waals surface area contributed by atoms with Crippen molar-refractivity contribution in [3.63, 3.8) is 0 Å². The predicted octanol–water partition coefficient (Wildman–Crippen LogP) is 1.68. The summed E-state index contributed by atoms with van der Waals surface area (Å²) in [7, 11) is 0. The van der Waals surface area contributed by atoms with Crippen molar-refractivity contribution in [3.05, 3.63) is 15.6 Å². The van der Waals surface area contributed by atoms with E-state index in [4.69, 9.17) is 0 Å². The average Bonchev–Trinajstić information content (AvgIpc) is 2.98. The van der Waals surface area contributed by atoms with Crippen molar-refractivity contribution >= 4 is 23.2 Å². The van der Waals surface area contributed by atoms with Crippen LogP contribution in [0.2, 0.25) is 0 Å². The van der Waals surface area contributed by atoms with Gasteiger partial charge in [0.25, 0.3) is 0 Å². The van der Waals surface area contributed by atoms with Crippen molar-refractivity contribution in [3.8, 4) is 0 Å². The quantitative estimate of drug-likeness (QED) is 0.813. The number of hydrogen-bond acceptors (Lipinski definition) is 4. The van der Waals surface area contributed by atoms with E-state index < -0.39 is 0 Å². The number of carbonyl (C=O) groups excluding carboxylic acids is 2. The van der Waals surface area contributed by atoms with Crippen molar-refractivity contribution in [1.29, 1.82) is 0 Å². The Morgan fingerprint density at radius 2 is 2.24 bits per heavy atom. The number of nitrogens with one attached hydrogen (secondary N) is 1. The minimum absolute atomic E-state index is 0.00537. The van der Waals surface area contributed by atoms with Gasteiger partial charge in [-0.1, -0.05) is 0 Å². The second-order valence-corrected chi connectivity index (χ2v) is 6.76. The Morgan fingerprint density at radius 1 is 1.48 bits per heavy atom. The number of likely N-dealkylation sites (tertiary alicyclic amines) is 1. The second kappa shape index (κ2) is 7.02. The highest BCUT2D eigenvalue weighted by atomic mass is 32.1. The first kappa shape index (κ1) is 15.9. The lowest BCUT2D eigenvalue weighted by Crippen LogP contribution is -2.33. The molecule has 2 heterocycles. The molecule has 0 aliphatic carbocycles. The molecular weight excluding hydrogens is 286 g/mol. The van der Waals surface area contributed by atoms with Crippen molar-refractivity contribution in [2.45, 2.75) is 40.0 Å². The van der Waals surface area contributed by atoms with Gasteiger partial charge in [-0.3, -0.25) is 9.59 Å². The summed E-state index contributed by atoms with van der Waals surface area (Å²) >= 11 is 1.73. The SMILES string of the molecule is CCN1C[C@H](C(=O)NCCCc2nc(C)c(C)s2)CC1=O. The van der Waals surface area contributed by atoms with Gasteiger partial charge in [-0.2, -0.15) is 0 Å². The average molecular weight is 309 g/mol. The molecule has 1 N–H and O–H groups in total. The fourth-order valence-electron chi connectivity index (χ4n) is 2.49. The molecule has 1 aliphatic heterocycles. The Morgan fingerprint density at radius 3 is 2.81 bits per heavy atom. The van der Waals surface area contributed by atoms with Gasteiger partial charge in [-0.25, -0.2) is 4.98 Å². The summed E-state index contributed by atoms with van der Waals surface area (Å²) in [6, 6.07) is 0. The van der Waals surface area contributed by atoms with Crippen LogP contribution in [0, 0.1) is 19.8 Å². The van der Waals surface area contributed by atoms with Crippen LogP contribution in [0.5, 0.6) is 0 Å². The number of aryl methyl sites for hydroxylation is 3. The summed E-state index contributed by atoms with van der Waals surface area (Å²) < 4.78 is 0. The summed E-state index contributed by atoms with van der Waals surface area (Å²) in [6.07, 6.45) is 2.13. The molecule has 0 spiro atoms. The van der Waals surface area contributed by atoms with Gasteiger partial charge in [0.2, 0.25) is 11.8 Å². The molecular formula is C15H23N3O2S. The second-order valence-electron chi connectivity index (χ2n) is 5.48. The number of carbonyl (C=O) groups is 2. The molecule has 6 heteroatoms. The van der Waals surface area contributed by atoms with E-state index in [2.05, 4.69) is 17.2 Å². The molecule has 1 saturated heterocycles. The van der Waals surface area contributed by atoms with Crippen LogP contribution in [0.4, 0.5) is 0 Å². The van der Waals surface area contributed by atoms with Gasteiger partial charge < -0.3 is 10.2 Å². The highest BCUT2D eigenvalue weighted by Crippen LogP contribution is 2.18. The van der Waals surface area contributed by atoms with Gasteiger partial charge in [0, 0.05) is 37.4 Å². The smallest absolute Gasteiger partial charge is 0.225 e. The standard InChI is InChI=1S/C15H23N3O2S/c1-4-18-9-12(8-14(18)19)15(20)16-7-5-6-13-17-10(2)11(3)21-13/h12H,4-9H2,1-3H3,(H,16,20)/t12-/m1/s1. The number of aromatic nitrogens is 1. The lowest BCUT2D eigenvalue weighted by atomic mass is 10.1. The van der Waals surface area contributed by atoms with Crippen LogP contribution in [0.3, 0.4) is 0 Å². The molecule has 0 bridgehead atoms. The molecule has 2 amide bonds. The summed E-state index contributed by atoms with van der Waals surface area (Å²) in [5, 5.41) is 4.07. The van der Waals surface area contributed by atoms with Gasteiger partial charge >= 0.3 is 0 Å². The maximum absolute atomic E-state index is 12.0. The third-order valence-electron chi connectivity index (χ3n) is 3.91. The van der Waals surface area contributed by atoms with Crippen LogP contribution in [0.15, 0.2) is 0 Å². The monoisotopic (exact) mass is 309 g/mol. The summed E-state index contributed by atoms with van der Waals surface area (Å²) in [6.45, 7) is 7.93. The lowest BCUT2D eigenvalue weighted by Gasteiger charge is -2.13. The number of thiazole rings is 1. The minimum atomic E-state index is -0.179. The molecule has 5 nitrogen and oxygen atoms in total. The maximum atomic E-state index is 12.0. The van der Waals surface area contributed by atoms with Crippen LogP contribution in [-0.2, 0) is 16.0 Å². The third kappa shape index (κ3) is 4.03. The van der Waals surface area contributed by atoms with E-state index in [-0.39, 0.29) is 17.7 Å². The highest BCUT2D eigenvalue weighted by Gasteiger charge is 2.32. The van der Waals surface area contributed by atoms with Gasteiger partial charge in [0.15, 0.2) is 0 Å². The van der Waals surface area contributed by atoms with Crippen molar-refractivity contribution in [1.82, 2.24) is 15.2 Å². The fraction of sp³-hybridized carbons (Fsp3) is 0.667. The molecule has 0 unspecified atom stereocenters. The van der Waals surface area contributed by atoms with E-state index in [1.165, 1.54) is 4.88 Å². The first-order valence-corrected chi connectivity index (χ1v) is 8.31. The normalized spacial score (nSPS) is 18.3. The molecule has 2 rings (SSSR count). The molecule has 1 atom stereocenters. The molecule has 0 radical (unpaired) electrons.